The Hall–Kier alpha value is -1.72. The first-order chi connectivity index (χ1) is 10.0. The van der Waals surface area contributed by atoms with Crippen molar-refractivity contribution in [1.29, 1.82) is 0 Å². The van der Waals surface area contributed by atoms with Gasteiger partial charge >= 0.3 is 0 Å². The number of rotatable bonds is 7. The van der Waals surface area contributed by atoms with Crippen molar-refractivity contribution in [3.63, 3.8) is 0 Å². The zero-order valence-electron chi connectivity index (χ0n) is 13.4. The van der Waals surface area contributed by atoms with Gasteiger partial charge in [0.1, 0.15) is 12.4 Å². The van der Waals surface area contributed by atoms with Gasteiger partial charge in [-0.2, -0.15) is 0 Å². The quantitative estimate of drug-likeness (QED) is 0.538. The molecule has 116 valence electrons. The molecule has 21 heavy (non-hydrogen) atoms. The van der Waals surface area contributed by atoms with Crippen molar-refractivity contribution in [3.8, 4) is 5.75 Å². The van der Waals surface area contributed by atoms with Gasteiger partial charge in [0.05, 0.1) is 5.52 Å². The van der Waals surface area contributed by atoms with Gasteiger partial charge in [0.2, 0.25) is 0 Å². The Bertz CT molecular complexity index is 604. The summed E-state index contributed by atoms with van der Waals surface area (Å²) in [4.78, 5) is 5.53. The summed E-state index contributed by atoms with van der Waals surface area (Å²) in [5.74, 6) is 0.866. The number of aromatic nitrogens is 1. The fourth-order valence-corrected chi connectivity index (χ4v) is 2.38. The molecule has 0 saturated carbocycles. The van der Waals surface area contributed by atoms with Crippen molar-refractivity contribution in [2.75, 3.05) is 46.1 Å². The largest absolute Gasteiger partial charge is 0.490 e. The molecule has 0 fully saturated rings. The fourth-order valence-electron chi connectivity index (χ4n) is 2.38. The minimum Gasteiger partial charge on any atom is -0.490 e. The van der Waals surface area contributed by atoms with Crippen LogP contribution < -0.4 is 15.8 Å². The highest BCUT2D eigenvalue weighted by Gasteiger charge is 2.12. The number of benzene rings is 1. The third-order valence-electron chi connectivity index (χ3n) is 3.72. The second-order valence-electron chi connectivity index (χ2n) is 5.68. The molecule has 1 aromatic heterocycles. The Morgan fingerprint density at radius 3 is 2.71 bits per heavy atom. The highest BCUT2D eigenvalue weighted by atomic mass is 16.5. The van der Waals surface area contributed by atoms with Gasteiger partial charge in [-0.15, -0.1) is 0 Å². The van der Waals surface area contributed by atoms with E-state index in [1.807, 2.05) is 12.1 Å². The van der Waals surface area contributed by atoms with Crippen LogP contribution in [0.25, 0.3) is 10.9 Å². The number of aryl methyl sites for hydroxylation is 2. The molecule has 0 aliphatic carbocycles. The van der Waals surface area contributed by atoms with Crippen LogP contribution in [0.5, 0.6) is 5.75 Å². The Balaban J connectivity index is 1.97. The second-order valence-corrected chi connectivity index (χ2v) is 5.68. The average molecular weight is 290 g/mol. The summed E-state index contributed by atoms with van der Waals surface area (Å²) in [5, 5.41) is 4.44. The third-order valence-corrected chi connectivity index (χ3v) is 3.72. The zero-order valence-corrected chi connectivity index (χ0v) is 13.4. The van der Waals surface area contributed by atoms with Crippen molar-refractivity contribution in [2.24, 2.45) is 0 Å². The molecule has 0 aliphatic rings. The maximum atomic E-state index is 6.07. The van der Waals surface area contributed by atoms with Crippen molar-refractivity contribution in [1.82, 2.24) is 15.2 Å². The minimum atomic E-state index is 0.642. The molecule has 0 unspecified atom stereocenters. The van der Waals surface area contributed by atoms with E-state index in [2.05, 4.69) is 43.1 Å². The van der Waals surface area contributed by atoms with Crippen LogP contribution in [-0.2, 0) is 0 Å². The van der Waals surface area contributed by atoms with Gasteiger partial charge < -0.3 is 25.7 Å². The maximum Gasteiger partial charge on any atom is 0.143 e. The number of aromatic amines is 1. The molecule has 2 rings (SSSR count). The van der Waals surface area contributed by atoms with E-state index in [0.29, 0.717) is 6.61 Å². The van der Waals surface area contributed by atoms with E-state index in [1.165, 1.54) is 5.56 Å². The number of nitrogens with zero attached hydrogens (tertiary/aromatic N) is 1. The third kappa shape index (κ3) is 3.68. The second kappa shape index (κ2) is 6.83. The van der Waals surface area contributed by atoms with Crippen LogP contribution in [0.2, 0.25) is 0 Å². The number of likely N-dealkylation sites (N-methyl/N-ethyl adjacent to an activating group) is 1. The van der Waals surface area contributed by atoms with Crippen LogP contribution in [0.15, 0.2) is 12.1 Å². The molecule has 0 bridgehead atoms. The molecule has 1 aromatic carbocycles. The summed E-state index contributed by atoms with van der Waals surface area (Å²) in [7, 11) is 4.14. The van der Waals surface area contributed by atoms with Gasteiger partial charge in [0.25, 0.3) is 0 Å². The molecule has 2 aromatic rings. The molecule has 5 heteroatoms. The lowest BCUT2D eigenvalue weighted by atomic mass is 10.1. The van der Waals surface area contributed by atoms with Crippen LogP contribution in [0, 0.1) is 13.8 Å². The molecule has 4 N–H and O–H groups in total. The van der Waals surface area contributed by atoms with Crippen molar-refractivity contribution in [3.05, 3.63) is 23.4 Å². The summed E-state index contributed by atoms with van der Waals surface area (Å²) in [6.45, 7) is 7.61. The minimum absolute atomic E-state index is 0.642. The van der Waals surface area contributed by atoms with Gasteiger partial charge in [-0.3, -0.25) is 0 Å². The average Bonchev–Trinajstić information content (AvgIpc) is 2.73. The monoisotopic (exact) mass is 290 g/mol. The summed E-state index contributed by atoms with van der Waals surface area (Å²) in [6.07, 6.45) is 0. The van der Waals surface area contributed by atoms with Gasteiger partial charge in [-0.1, -0.05) is 0 Å². The van der Waals surface area contributed by atoms with Crippen LogP contribution in [0.3, 0.4) is 0 Å². The number of fused-ring (bicyclic) bond motifs is 1. The maximum absolute atomic E-state index is 6.07. The number of H-pyrrole nitrogens is 1. The predicted molar refractivity (Wildman–Crippen MR) is 89.1 cm³/mol. The normalized spacial score (nSPS) is 11.5. The summed E-state index contributed by atoms with van der Waals surface area (Å²) in [6, 6.07) is 3.85. The molecule has 0 saturated heterocycles. The number of hydrogen-bond acceptors (Lipinski definition) is 4. The first-order valence-corrected chi connectivity index (χ1v) is 7.36. The number of nitrogen functional groups attached to an aromatic ring is 1. The molecule has 0 radical (unpaired) electrons. The lowest BCUT2D eigenvalue weighted by molar-refractivity contribution is 0.311. The van der Waals surface area contributed by atoms with E-state index in [9.17, 15) is 0 Å². The highest BCUT2D eigenvalue weighted by molar-refractivity contribution is 5.98. The summed E-state index contributed by atoms with van der Waals surface area (Å²) in [5.41, 5.74) is 10.2. The summed E-state index contributed by atoms with van der Waals surface area (Å²) >= 11 is 0. The molecule has 0 amide bonds. The van der Waals surface area contributed by atoms with Crippen LogP contribution in [0.1, 0.15) is 11.3 Å². The van der Waals surface area contributed by atoms with Crippen molar-refractivity contribution < 1.29 is 4.74 Å². The molecule has 0 aliphatic heterocycles. The molecule has 5 nitrogen and oxygen atoms in total. The molecular formula is C16H26N4O. The lowest BCUT2D eigenvalue weighted by Gasteiger charge is -2.12. The van der Waals surface area contributed by atoms with Gasteiger partial charge in [0.15, 0.2) is 0 Å². The number of ether oxygens (including phenoxy) is 1. The molecule has 0 spiro atoms. The van der Waals surface area contributed by atoms with Crippen LogP contribution in [-0.4, -0.2) is 50.2 Å². The zero-order chi connectivity index (χ0) is 15.4. The van der Waals surface area contributed by atoms with Crippen LogP contribution >= 0.6 is 0 Å². The van der Waals surface area contributed by atoms with Crippen LogP contribution in [0.4, 0.5) is 5.69 Å². The molecule has 0 atom stereocenters. The topological polar surface area (TPSA) is 66.3 Å². The van der Waals surface area contributed by atoms with E-state index < -0.39 is 0 Å². The number of anilines is 1. The lowest BCUT2D eigenvalue weighted by Crippen LogP contribution is -2.29. The van der Waals surface area contributed by atoms with E-state index in [1.54, 1.807) is 0 Å². The number of nitrogens with two attached hydrogens (primary N) is 1. The van der Waals surface area contributed by atoms with Gasteiger partial charge in [0, 0.05) is 36.4 Å². The Kier molecular flexibility index (Phi) is 5.09. The fraction of sp³-hybridized carbons (Fsp3) is 0.500. The highest BCUT2D eigenvalue weighted by Crippen LogP contribution is 2.33. The first kappa shape index (κ1) is 15.7. The van der Waals surface area contributed by atoms with Gasteiger partial charge in [-0.05, 0) is 45.6 Å². The molecule has 1 heterocycles. The van der Waals surface area contributed by atoms with E-state index in [0.717, 1.165) is 47.7 Å². The Labute approximate surface area is 126 Å². The SMILES string of the molecule is Cc1[nH]c2c(OCCNCCN(C)C)ccc(N)c2c1C. The van der Waals surface area contributed by atoms with Crippen molar-refractivity contribution >= 4 is 16.6 Å². The Morgan fingerprint density at radius 2 is 2.00 bits per heavy atom. The van der Waals surface area contributed by atoms with Gasteiger partial charge in [-0.25, -0.2) is 0 Å². The number of nitrogens with one attached hydrogen (secondary N) is 2. The Morgan fingerprint density at radius 1 is 1.24 bits per heavy atom. The van der Waals surface area contributed by atoms with E-state index >= 15 is 0 Å². The summed E-state index contributed by atoms with van der Waals surface area (Å²) < 4.78 is 5.89. The van der Waals surface area contributed by atoms with E-state index in [-0.39, 0.29) is 0 Å². The predicted octanol–water partition coefficient (Wildman–Crippen LogP) is 1.90. The van der Waals surface area contributed by atoms with E-state index in [4.69, 9.17) is 10.5 Å². The molecular weight excluding hydrogens is 264 g/mol. The first-order valence-electron chi connectivity index (χ1n) is 7.36. The number of hydrogen-bond donors (Lipinski definition) is 3. The smallest absolute Gasteiger partial charge is 0.143 e. The standard InChI is InChI=1S/C16H26N4O/c1-11-12(2)19-16-14(6-5-13(17)15(11)16)21-10-8-18-7-9-20(3)4/h5-6,18-19H,7-10,17H2,1-4H3. The van der Waals surface area contributed by atoms with Crippen molar-refractivity contribution in [2.45, 2.75) is 13.8 Å².